The number of fused-ring (bicyclic) bond motifs is 1. The lowest BCUT2D eigenvalue weighted by molar-refractivity contribution is -0.148. The molecule has 2 amide bonds. The van der Waals surface area contributed by atoms with Crippen molar-refractivity contribution in [2.24, 2.45) is 0 Å². The number of imide groups is 1. The number of hydrogen-bond donors (Lipinski definition) is 0. The summed E-state index contributed by atoms with van der Waals surface area (Å²) in [6.07, 6.45) is 4.45. The maximum atomic E-state index is 13.4. The van der Waals surface area contributed by atoms with Gasteiger partial charge in [0.05, 0.1) is 12.8 Å². The van der Waals surface area contributed by atoms with Gasteiger partial charge in [-0.1, -0.05) is 17.3 Å². The molecule has 8 heteroatoms. The third-order valence-electron chi connectivity index (χ3n) is 7.57. The monoisotopic (exact) mass is 493 g/mol. The van der Waals surface area contributed by atoms with Crippen LogP contribution in [0, 0.1) is 5.82 Å². The van der Waals surface area contributed by atoms with E-state index in [4.69, 9.17) is 9.26 Å². The second-order valence-corrected chi connectivity index (χ2v) is 9.85. The van der Waals surface area contributed by atoms with Crippen LogP contribution in [0.4, 0.5) is 4.39 Å². The lowest BCUT2D eigenvalue weighted by atomic mass is 9.88. The van der Waals surface area contributed by atoms with Gasteiger partial charge in [-0.05, 0) is 75.1 Å². The Morgan fingerprint density at radius 1 is 0.972 bits per heavy atom. The maximum absolute atomic E-state index is 13.4. The highest BCUT2D eigenvalue weighted by Crippen LogP contribution is 2.33. The summed E-state index contributed by atoms with van der Waals surface area (Å²) in [6.45, 7) is 3.36. The lowest BCUT2D eigenvalue weighted by Gasteiger charge is -2.32. The summed E-state index contributed by atoms with van der Waals surface area (Å²) < 4.78 is 24.0. The summed E-state index contributed by atoms with van der Waals surface area (Å²) >= 11 is 0. The molecule has 3 aromatic rings. The molecule has 2 saturated heterocycles. The van der Waals surface area contributed by atoms with Gasteiger partial charge in [0.2, 0.25) is 11.8 Å². The van der Waals surface area contributed by atoms with Gasteiger partial charge in [0.15, 0.2) is 5.58 Å². The fourth-order valence-electron chi connectivity index (χ4n) is 5.48. The second-order valence-electron chi connectivity index (χ2n) is 9.85. The minimum Gasteiger partial charge on any atom is -0.497 e. The van der Waals surface area contributed by atoms with E-state index in [9.17, 15) is 14.0 Å². The van der Waals surface area contributed by atoms with Crippen molar-refractivity contribution in [2.45, 2.75) is 50.4 Å². The number of carbonyl (C=O) groups is 2. The van der Waals surface area contributed by atoms with Crippen LogP contribution in [-0.4, -0.2) is 60.1 Å². The van der Waals surface area contributed by atoms with E-state index >= 15 is 0 Å². The van der Waals surface area contributed by atoms with Crippen molar-refractivity contribution >= 4 is 22.8 Å². The number of ether oxygens (including phenoxy) is 1. The number of hydrogen-bond acceptors (Lipinski definition) is 6. The molecule has 3 heterocycles. The number of unbranched alkanes of at least 4 members (excludes halogenated alkanes) is 1. The van der Waals surface area contributed by atoms with Gasteiger partial charge < -0.3 is 14.2 Å². The highest BCUT2D eigenvalue weighted by atomic mass is 19.1. The first kappa shape index (κ1) is 24.4. The number of nitrogens with zero attached hydrogens (tertiary/aromatic N) is 3. The van der Waals surface area contributed by atoms with E-state index in [-0.39, 0.29) is 23.5 Å². The SMILES string of the molecule is COc1ccc(C2CC(=O)N(CCCCN3CCC(c4noc5cc(F)ccc45)CC3)C(=O)C2)cc1. The number of rotatable bonds is 8. The molecule has 0 N–H and O–H groups in total. The second kappa shape index (κ2) is 10.8. The first-order valence-electron chi connectivity index (χ1n) is 12.8. The Morgan fingerprint density at radius 3 is 2.36 bits per heavy atom. The standard InChI is InChI=1S/C28H32FN3O4/c1-35-23-7-4-19(5-8-23)21-16-26(33)32(27(34)17-21)13-3-2-12-31-14-10-20(11-15-31)28-24-9-6-22(29)18-25(24)36-30-28/h4-9,18,20-21H,2-3,10-17H2,1H3. The predicted molar refractivity (Wildman–Crippen MR) is 133 cm³/mol. The summed E-state index contributed by atoms with van der Waals surface area (Å²) in [5.41, 5.74) is 2.44. The molecule has 2 fully saturated rings. The van der Waals surface area contributed by atoms with Crippen molar-refractivity contribution in [3.8, 4) is 5.75 Å². The molecule has 1 aromatic heterocycles. The summed E-state index contributed by atoms with van der Waals surface area (Å²) in [5, 5.41) is 5.13. The lowest BCUT2D eigenvalue weighted by Crippen LogP contribution is -2.43. The van der Waals surface area contributed by atoms with Gasteiger partial charge in [0, 0.05) is 42.7 Å². The topological polar surface area (TPSA) is 75.9 Å². The Balaban J connectivity index is 1.04. The minimum absolute atomic E-state index is 0.0608. The Morgan fingerprint density at radius 2 is 1.67 bits per heavy atom. The van der Waals surface area contributed by atoms with Crippen LogP contribution in [-0.2, 0) is 9.59 Å². The summed E-state index contributed by atoms with van der Waals surface area (Å²) in [6, 6.07) is 12.2. The van der Waals surface area contributed by atoms with Crippen molar-refractivity contribution in [1.29, 1.82) is 0 Å². The van der Waals surface area contributed by atoms with E-state index < -0.39 is 0 Å². The first-order chi connectivity index (χ1) is 17.5. The number of halogens is 1. The Kier molecular flexibility index (Phi) is 7.32. The smallest absolute Gasteiger partial charge is 0.229 e. The van der Waals surface area contributed by atoms with Crippen molar-refractivity contribution in [3.63, 3.8) is 0 Å². The quantitative estimate of drug-likeness (QED) is 0.329. The van der Waals surface area contributed by atoms with Gasteiger partial charge in [-0.25, -0.2) is 4.39 Å². The predicted octanol–water partition coefficient (Wildman–Crippen LogP) is 4.87. The molecule has 0 atom stereocenters. The van der Waals surface area contributed by atoms with Crippen molar-refractivity contribution in [3.05, 3.63) is 59.5 Å². The molecule has 36 heavy (non-hydrogen) atoms. The summed E-state index contributed by atoms with van der Waals surface area (Å²) in [4.78, 5) is 29.3. The molecule has 0 unspecified atom stereocenters. The van der Waals surface area contributed by atoms with Gasteiger partial charge in [-0.3, -0.25) is 14.5 Å². The Hall–Kier alpha value is -3.26. The molecule has 7 nitrogen and oxygen atoms in total. The number of methoxy groups -OCH3 is 1. The number of carbonyl (C=O) groups excluding carboxylic acids is 2. The van der Waals surface area contributed by atoms with Gasteiger partial charge in [0.25, 0.3) is 0 Å². The van der Waals surface area contributed by atoms with Gasteiger partial charge in [0.1, 0.15) is 11.6 Å². The Bertz CT molecular complexity index is 1200. The molecular weight excluding hydrogens is 461 g/mol. The fraction of sp³-hybridized carbons (Fsp3) is 0.464. The van der Waals surface area contributed by atoms with Crippen LogP contribution in [0.5, 0.6) is 5.75 Å². The maximum Gasteiger partial charge on any atom is 0.229 e. The van der Waals surface area contributed by atoms with E-state index in [1.165, 1.54) is 17.0 Å². The number of aromatic nitrogens is 1. The van der Waals surface area contributed by atoms with Crippen LogP contribution in [0.3, 0.4) is 0 Å². The highest BCUT2D eigenvalue weighted by molar-refractivity contribution is 5.98. The van der Waals surface area contributed by atoms with Gasteiger partial charge >= 0.3 is 0 Å². The molecule has 0 spiro atoms. The first-order valence-corrected chi connectivity index (χ1v) is 12.8. The minimum atomic E-state index is -0.315. The average Bonchev–Trinajstić information content (AvgIpc) is 3.31. The van der Waals surface area contributed by atoms with Crippen LogP contribution in [0.1, 0.15) is 61.6 Å². The van der Waals surface area contributed by atoms with E-state index in [0.717, 1.165) is 67.7 Å². The zero-order chi connectivity index (χ0) is 25.1. The van der Waals surface area contributed by atoms with Gasteiger partial charge in [-0.2, -0.15) is 0 Å². The molecule has 0 bridgehead atoms. The van der Waals surface area contributed by atoms with Crippen LogP contribution >= 0.6 is 0 Å². The third kappa shape index (κ3) is 5.28. The van der Waals surface area contributed by atoms with E-state index in [2.05, 4.69) is 10.1 Å². The Labute approximate surface area is 210 Å². The van der Waals surface area contributed by atoms with Crippen LogP contribution in [0.25, 0.3) is 11.0 Å². The molecule has 2 aliphatic heterocycles. The molecule has 2 aromatic carbocycles. The largest absolute Gasteiger partial charge is 0.497 e. The number of piperidine rings is 2. The highest BCUT2D eigenvalue weighted by Gasteiger charge is 2.33. The third-order valence-corrected chi connectivity index (χ3v) is 7.57. The average molecular weight is 494 g/mol. The molecule has 2 aliphatic rings. The number of amides is 2. The summed E-state index contributed by atoms with van der Waals surface area (Å²) in [7, 11) is 1.62. The molecule has 0 aliphatic carbocycles. The molecule has 0 saturated carbocycles. The van der Waals surface area contributed by atoms with Gasteiger partial charge in [-0.15, -0.1) is 0 Å². The zero-order valence-electron chi connectivity index (χ0n) is 20.6. The normalized spacial score (nSPS) is 18.3. The van der Waals surface area contributed by atoms with E-state index in [1.807, 2.05) is 24.3 Å². The van der Waals surface area contributed by atoms with E-state index in [1.54, 1.807) is 13.2 Å². The molecular formula is C28H32FN3O4. The van der Waals surface area contributed by atoms with Crippen LogP contribution in [0.15, 0.2) is 47.0 Å². The van der Waals surface area contributed by atoms with E-state index in [0.29, 0.717) is 30.9 Å². The number of likely N-dealkylation sites (tertiary alicyclic amines) is 2. The molecule has 5 rings (SSSR count). The molecule has 190 valence electrons. The molecule has 0 radical (unpaired) electrons. The zero-order valence-corrected chi connectivity index (χ0v) is 20.6. The van der Waals surface area contributed by atoms with Crippen LogP contribution in [0.2, 0.25) is 0 Å². The van der Waals surface area contributed by atoms with Crippen molar-refractivity contribution in [1.82, 2.24) is 15.0 Å². The fourth-order valence-corrected chi connectivity index (χ4v) is 5.48. The van der Waals surface area contributed by atoms with Crippen LogP contribution < -0.4 is 4.74 Å². The van der Waals surface area contributed by atoms with Crippen molar-refractivity contribution < 1.29 is 23.2 Å². The van der Waals surface area contributed by atoms with Crippen molar-refractivity contribution in [2.75, 3.05) is 33.3 Å². The number of benzene rings is 2. The summed E-state index contributed by atoms with van der Waals surface area (Å²) in [5.74, 6) is 0.552.